The summed E-state index contributed by atoms with van der Waals surface area (Å²) in [4.78, 5) is 25.5. The third-order valence-corrected chi connectivity index (χ3v) is 7.44. The zero-order valence-electron chi connectivity index (χ0n) is 21.7. The molecule has 0 bridgehead atoms. The SMILES string of the molecule is Cc1cnc(F)c(-c2[nH]c3ncc4c(c3c2-c2ccc(OC[C@@H](C)O)cc2)n(C2CCCC2)c(=O)n4C)c1. The van der Waals surface area contributed by atoms with E-state index in [0.717, 1.165) is 58.8 Å². The first-order valence-corrected chi connectivity index (χ1v) is 13.0. The number of nitrogens with zero attached hydrogens (tertiary/aromatic N) is 4. The van der Waals surface area contributed by atoms with E-state index >= 15 is 4.39 Å². The van der Waals surface area contributed by atoms with Gasteiger partial charge in [-0.15, -0.1) is 0 Å². The monoisotopic (exact) mass is 515 g/mol. The van der Waals surface area contributed by atoms with E-state index in [2.05, 4.69) is 15.0 Å². The summed E-state index contributed by atoms with van der Waals surface area (Å²) >= 11 is 0. The maximum absolute atomic E-state index is 15.2. The third-order valence-electron chi connectivity index (χ3n) is 7.44. The van der Waals surface area contributed by atoms with Crippen LogP contribution in [0.4, 0.5) is 4.39 Å². The fourth-order valence-electron chi connectivity index (χ4n) is 5.63. The summed E-state index contributed by atoms with van der Waals surface area (Å²) in [6.45, 7) is 3.72. The van der Waals surface area contributed by atoms with Crippen molar-refractivity contribution in [2.24, 2.45) is 7.05 Å². The van der Waals surface area contributed by atoms with Gasteiger partial charge in [0, 0.05) is 24.8 Å². The van der Waals surface area contributed by atoms with Crippen LogP contribution in [-0.2, 0) is 7.05 Å². The number of hydrogen-bond acceptors (Lipinski definition) is 5. The quantitative estimate of drug-likeness (QED) is 0.300. The molecule has 1 aromatic carbocycles. The second-order valence-electron chi connectivity index (χ2n) is 10.3. The van der Waals surface area contributed by atoms with Crippen LogP contribution in [0.25, 0.3) is 44.5 Å². The van der Waals surface area contributed by atoms with Crippen LogP contribution in [0.3, 0.4) is 0 Å². The van der Waals surface area contributed by atoms with Gasteiger partial charge < -0.3 is 14.8 Å². The fraction of sp³-hybridized carbons (Fsp3) is 0.345. The number of pyridine rings is 2. The van der Waals surface area contributed by atoms with E-state index in [4.69, 9.17) is 4.74 Å². The highest BCUT2D eigenvalue weighted by Crippen LogP contribution is 2.43. The Balaban J connectivity index is 1.67. The van der Waals surface area contributed by atoms with Gasteiger partial charge in [0.15, 0.2) is 0 Å². The van der Waals surface area contributed by atoms with Gasteiger partial charge in [0.05, 0.1) is 40.0 Å². The summed E-state index contributed by atoms with van der Waals surface area (Å²) in [5, 5.41) is 10.4. The highest BCUT2D eigenvalue weighted by atomic mass is 19.1. The summed E-state index contributed by atoms with van der Waals surface area (Å²) in [6, 6.07) is 9.34. The second kappa shape index (κ2) is 9.40. The Morgan fingerprint density at radius 1 is 1.18 bits per heavy atom. The first-order chi connectivity index (χ1) is 18.3. The number of aromatic nitrogens is 5. The molecule has 5 aromatic rings. The number of aromatic amines is 1. The Morgan fingerprint density at radius 3 is 2.63 bits per heavy atom. The summed E-state index contributed by atoms with van der Waals surface area (Å²) in [7, 11) is 1.77. The Kier molecular flexibility index (Phi) is 6.03. The van der Waals surface area contributed by atoms with Gasteiger partial charge in [-0.3, -0.25) is 9.13 Å². The molecule has 2 N–H and O–H groups in total. The minimum Gasteiger partial charge on any atom is -0.491 e. The molecule has 0 spiro atoms. The predicted molar refractivity (Wildman–Crippen MR) is 145 cm³/mol. The second-order valence-corrected chi connectivity index (χ2v) is 10.3. The number of H-pyrrole nitrogens is 1. The number of aliphatic hydroxyl groups is 1. The molecular weight excluding hydrogens is 485 g/mol. The number of halogens is 1. The normalized spacial score (nSPS) is 15.1. The van der Waals surface area contributed by atoms with Crippen molar-refractivity contribution in [2.75, 3.05) is 6.61 Å². The Bertz CT molecular complexity index is 1710. The zero-order valence-corrected chi connectivity index (χ0v) is 21.7. The number of imidazole rings is 1. The molecule has 0 saturated heterocycles. The van der Waals surface area contributed by atoms with Crippen LogP contribution < -0.4 is 10.4 Å². The average Bonchev–Trinajstić information content (AvgIpc) is 3.62. The highest BCUT2D eigenvalue weighted by molar-refractivity contribution is 6.14. The van der Waals surface area contributed by atoms with Crippen molar-refractivity contribution in [1.29, 1.82) is 0 Å². The standard InChI is InChI=1S/C29H30FN5O3/c1-16-12-21(27(30)31-13-16)25-23(18-8-10-20(11-9-18)38-15-17(2)36)24-26-22(14-32-28(24)33-25)34(3)29(37)35(26)19-6-4-5-7-19/h8-14,17,19,36H,4-7,15H2,1-3H3,(H,32,33)/t17-/m1/s1. The molecule has 4 heterocycles. The molecule has 0 amide bonds. The number of benzene rings is 1. The summed E-state index contributed by atoms with van der Waals surface area (Å²) in [5.74, 6) is 0.0306. The lowest BCUT2D eigenvalue weighted by Gasteiger charge is -2.13. The van der Waals surface area contributed by atoms with Gasteiger partial charge in [0.2, 0.25) is 5.95 Å². The Labute approximate surface area is 218 Å². The molecule has 0 radical (unpaired) electrons. The molecule has 9 heteroatoms. The molecule has 4 aromatic heterocycles. The molecule has 1 saturated carbocycles. The average molecular weight is 516 g/mol. The third kappa shape index (κ3) is 3.98. The van der Waals surface area contributed by atoms with Crippen molar-refractivity contribution >= 4 is 22.1 Å². The zero-order chi connectivity index (χ0) is 26.6. The van der Waals surface area contributed by atoms with E-state index in [1.165, 1.54) is 6.20 Å². The van der Waals surface area contributed by atoms with E-state index in [1.807, 2.05) is 35.8 Å². The maximum atomic E-state index is 15.2. The first-order valence-electron chi connectivity index (χ1n) is 13.0. The smallest absolute Gasteiger partial charge is 0.329 e. The largest absolute Gasteiger partial charge is 0.491 e. The number of nitrogens with one attached hydrogen (secondary N) is 1. The van der Waals surface area contributed by atoms with E-state index < -0.39 is 12.1 Å². The molecule has 0 unspecified atom stereocenters. The van der Waals surface area contributed by atoms with Crippen LogP contribution in [0.2, 0.25) is 0 Å². The lowest BCUT2D eigenvalue weighted by molar-refractivity contribution is 0.123. The van der Waals surface area contributed by atoms with Crippen LogP contribution in [0, 0.1) is 12.9 Å². The minimum atomic E-state index is -0.587. The number of hydrogen-bond donors (Lipinski definition) is 2. The van der Waals surface area contributed by atoms with Gasteiger partial charge in [-0.05, 0) is 56.0 Å². The predicted octanol–water partition coefficient (Wildman–Crippen LogP) is 5.27. The van der Waals surface area contributed by atoms with Crippen LogP contribution in [0.1, 0.15) is 44.2 Å². The lowest BCUT2D eigenvalue weighted by Crippen LogP contribution is -2.24. The Hall–Kier alpha value is -3.98. The molecule has 38 heavy (non-hydrogen) atoms. The summed E-state index contributed by atoms with van der Waals surface area (Å²) in [5.41, 5.74) is 5.35. The van der Waals surface area contributed by atoms with E-state index in [1.54, 1.807) is 30.8 Å². The summed E-state index contributed by atoms with van der Waals surface area (Å²) < 4.78 is 24.4. The molecule has 1 aliphatic carbocycles. The van der Waals surface area contributed by atoms with Crippen LogP contribution >= 0.6 is 0 Å². The van der Waals surface area contributed by atoms with Crippen molar-refractivity contribution in [3.63, 3.8) is 0 Å². The molecule has 8 nitrogen and oxygen atoms in total. The van der Waals surface area contributed by atoms with Gasteiger partial charge in [0.1, 0.15) is 18.0 Å². The van der Waals surface area contributed by atoms with E-state index in [9.17, 15) is 9.90 Å². The Morgan fingerprint density at radius 2 is 1.92 bits per heavy atom. The number of fused-ring (bicyclic) bond motifs is 3. The topological polar surface area (TPSA) is 98.0 Å². The van der Waals surface area contributed by atoms with Gasteiger partial charge >= 0.3 is 5.69 Å². The van der Waals surface area contributed by atoms with Gasteiger partial charge in [-0.2, -0.15) is 4.39 Å². The van der Waals surface area contributed by atoms with Crippen LogP contribution in [0.5, 0.6) is 5.75 Å². The maximum Gasteiger partial charge on any atom is 0.329 e. The molecule has 1 atom stereocenters. The number of rotatable bonds is 6. The van der Waals surface area contributed by atoms with Crippen molar-refractivity contribution in [2.45, 2.75) is 51.7 Å². The number of aliphatic hydroxyl groups excluding tert-OH is 1. The molecular formula is C29H30FN5O3. The molecule has 6 rings (SSSR count). The molecule has 1 aliphatic rings. The van der Waals surface area contributed by atoms with Crippen LogP contribution in [-0.4, -0.2) is 41.9 Å². The molecule has 196 valence electrons. The molecule has 0 aliphatic heterocycles. The number of ether oxygens (including phenoxy) is 1. The number of aryl methyl sites for hydroxylation is 2. The minimum absolute atomic E-state index is 0.0693. The van der Waals surface area contributed by atoms with E-state index in [0.29, 0.717) is 22.7 Å². The van der Waals surface area contributed by atoms with Crippen molar-refractivity contribution in [1.82, 2.24) is 24.1 Å². The summed E-state index contributed by atoms with van der Waals surface area (Å²) in [6.07, 6.45) is 6.69. The van der Waals surface area contributed by atoms with Gasteiger partial charge in [-0.1, -0.05) is 25.0 Å². The van der Waals surface area contributed by atoms with Gasteiger partial charge in [-0.25, -0.2) is 14.8 Å². The molecule has 1 fully saturated rings. The fourth-order valence-corrected chi connectivity index (χ4v) is 5.63. The lowest BCUT2D eigenvalue weighted by atomic mass is 9.98. The van der Waals surface area contributed by atoms with Crippen molar-refractivity contribution in [3.8, 4) is 28.1 Å². The van der Waals surface area contributed by atoms with Gasteiger partial charge in [0.25, 0.3) is 0 Å². The van der Waals surface area contributed by atoms with Crippen molar-refractivity contribution < 1.29 is 14.2 Å². The highest BCUT2D eigenvalue weighted by Gasteiger charge is 2.28. The van der Waals surface area contributed by atoms with Crippen molar-refractivity contribution in [3.05, 3.63) is 64.7 Å². The van der Waals surface area contributed by atoms with E-state index in [-0.39, 0.29) is 18.3 Å². The van der Waals surface area contributed by atoms with Crippen LogP contribution in [0.15, 0.2) is 47.5 Å². The first kappa shape index (κ1) is 24.4.